The fourth-order valence-corrected chi connectivity index (χ4v) is 7.23. The molecule has 2 aliphatic carbocycles. The first-order chi connectivity index (χ1) is 17.6. The van der Waals surface area contributed by atoms with Crippen molar-refractivity contribution in [2.75, 3.05) is 25.4 Å². The smallest absolute Gasteiger partial charge is 0.354 e. The second-order valence-corrected chi connectivity index (χ2v) is 12.2. The zero-order chi connectivity index (χ0) is 26.2. The number of hydrogen-bond acceptors (Lipinski definition) is 5. The predicted octanol–water partition coefficient (Wildman–Crippen LogP) is 5.36. The molecular weight excluding hydrogens is 499 g/mol. The molecule has 10 heteroatoms. The van der Waals surface area contributed by atoms with Gasteiger partial charge >= 0.3 is 6.18 Å². The maximum Gasteiger partial charge on any atom is 0.416 e. The van der Waals surface area contributed by atoms with Gasteiger partial charge in [0.15, 0.2) is 5.16 Å². The van der Waals surface area contributed by atoms with Crippen LogP contribution in [0.2, 0.25) is 0 Å². The Bertz CT molecular complexity index is 1100. The van der Waals surface area contributed by atoms with E-state index in [1.165, 1.54) is 12.1 Å². The molecule has 5 rings (SSSR count). The van der Waals surface area contributed by atoms with Gasteiger partial charge in [0.25, 0.3) is 0 Å². The van der Waals surface area contributed by atoms with Crippen molar-refractivity contribution in [2.24, 2.45) is 12.5 Å². The lowest BCUT2D eigenvalue weighted by Crippen LogP contribution is -2.36. The second-order valence-electron chi connectivity index (χ2n) is 11.1. The van der Waals surface area contributed by atoms with Crippen molar-refractivity contribution in [1.29, 1.82) is 0 Å². The topological polar surface area (TPSA) is 63.1 Å². The Hall–Kier alpha value is -2.07. The Morgan fingerprint density at radius 3 is 2.57 bits per heavy atom. The van der Waals surface area contributed by atoms with Gasteiger partial charge in [-0.05, 0) is 87.1 Å². The quantitative estimate of drug-likeness (QED) is 0.364. The molecule has 1 amide bonds. The highest BCUT2D eigenvalue weighted by atomic mass is 32.2. The highest BCUT2D eigenvalue weighted by Crippen LogP contribution is 2.64. The Morgan fingerprint density at radius 2 is 1.89 bits per heavy atom. The zero-order valence-corrected chi connectivity index (χ0v) is 22.4. The van der Waals surface area contributed by atoms with E-state index in [0.29, 0.717) is 11.8 Å². The lowest BCUT2D eigenvalue weighted by Gasteiger charge is -2.28. The summed E-state index contributed by atoms with van der Waals surface area (Å²) >= 11 is 1.75. The molecule has 1 N–H and O–H groups in total. The lowest BCUT2D eigenvalue weighted by atomic mass is 9.85. The van der Waals surface area contributed by atoms with E-state index in [0.717, 1.165) is 86.9 Å². The summed E-state index contributed by atoms with van der Waals surface area (Å²) in [7, 11) is 2.05. The summed E-state index contributed by atoms with van der Waals surface area (Å²) in [6.45, 7) is 4.72. The van der Waals surface area contributed by atoms with Gasteiger partial charge in [-0.1, -0.05) is 23.9 Å². The normalized spacial score (nSPS) is 28.1. The summed E-state index contributed by atoms with van der Waals surface area (Å²) in [5, 5.41) is 12.9. The van der Waals surface area contributed by atoms with Crippen LogP contribution in [0.5, 0.6) is 0 Å². The van der Waals surface area contributed by atoms with Crippen LogP contribution in [0.3, 0.4) is 0 Å². The van der Waals surface area contributed by atoms with Crippen LogP contribution in [0.1, 0.15) is 80.7 Å². The fraction of sp³-hybridized carbons (Fsp3) is 0.667. The molecule has 0 unspecified atom stereocenters. The van der Waals surface area contributed by atoms with E-state index in [-0.39, 0.29) is 17.4 Å². The van der Waals surface area contributed by atoms with E-state index in [4.69, 9.17) is 0 Å². The minimum Gasteiger partial charge on any atom is -0.354 e. The highest BCUT2D eigenvalue weighted by Gasteiger charge is 2.57. The van der Waals surface area contributed by atoms with Gasteiger partial charge in [0, 0.05) is 38.2 Å². The molecule has 2 saturated carbocycles. The molecule has 3 fully saturated rings. The molecule has 2 aromatic rings. The number of benzene rings is 1. The van der Waals surface area contributed by atoms with Crippen molar-refractivity contribution in [3.05, 3.63) is 41.2 Å². The number of carbonyl (C=O) groups is 1. The molecule has 3 aliphatic rings. The average molecular weight is 536 g/mol. The standard InChI is InChI=1S/C27H36F3N5OS/c1-18(36)31-22-10-6-20(7-11-22)24-32-33-25(34(24)2)37-15-3-13-35-14-12-26(17-35)16-23(26)19-4-8-21(9-5-19)27(28,29)30/h4-5,8-9,20,22-23H,3,6-7,10-17H2,1-2H3,(H,31,36)/t20-,22+,23-,26+/m1/s1. The van der Waals surface area contributed by atoms with E-state index < -0.39 is 11.7 Å². The molecule has 1 aliphatic heterocycles. The van der Waals surface area contributed by atoms with Crippen molar-refractivity contribution in [3.63, 3.8) is 0 Å². The van der Waals surface area contributed by atoms with Crippen LogP contribution in [0, 0.1) is 5.41 Å². The number of aromatic nitrogens is 3. The minimum atomic E-state index is -4.28. The van der Waals surface area contributed by atoms with Gasteiger partial charge < -0.3 is 14.8 Å². The third-order valence-electron chi connectivity index (χ3n) is 8.51. The molecule has 1 saturated heterocycles. The summed E-state index contributed by atoms with van der Waals surface area (Å²) in [5.41, 5.74) is 0.734. The number of alkyl halides is 3. The first-order valence-electron chi connectivity index (χ1n) is 13.3. The van der Waals surface area contributed by atoms with Gasteiger partial charge in [0.2, 0.25) is 5.91 Å². The summed E-state index contributed by atoms with van der Waals surface area (Å²) in [6, 6.07) is 6.07. The maximum atomic E-state index is 12.9. The maximum absolute atomic E-state index is 12.9. The Morgan fingerprint density at radius 1 is 1.16 bits per heavy atom. The van der Waals surface area contributed by atoms with Crippen LogP contribution in [-0.2, 0) is 18.0 Å². The third-order valence-corrected chi connectivity index (χ3v) is 9.62. The van der Waals surface area contributed by atoms with E-state index in [9.17, 15) is 18.0 Å². The Labute approximate surface area is 220 Å². The Kier molecular flexibility index (Phi) is 7.60. The summed E-state index contributed by atoms with van der Waals surface area (Å²) in [5.74, 6) is 2.86. The first-order valence-corrected chi connectivity index (χ1v) is 14.3. The van der Waals surface area contributed by atoms with E-state index in [2.05, 4.69) is 32.0 Å². The van der Waals surface area contributed by atoms with Crippen LogP contribution in [0.4, 0.5) is 13.2 Å². The van der Waals surface area contributed by atoms with Crippen LogP contribution in [0.25, 0.3) is 0 Å². The number of carbonyl (C=O) groups excluding carboxylic acids is 1. The monoisotopic (exact) mass is 535 g/mol. The minimum absolute atomic E-state index is 0.0426. The van der Waals surface area contributed by atoms with Crippen LogP contribution in [0.15, 0.2) is 29.4 Å². The Balaban J connectivity index is 1.04. The fourth-order valence-electron chi connectivity index (χ4n) is 6.39. The number of hydrogen-bond donors (Lipinski definition) is 1. The number of thioether (sulfide) groups is 1. The van der Waals surface area contributed by atoms with Gasteiger partial charge in [-0.3, -0.25) is 4.79 Å². The van der Waals surface area contributed by atoms with Crippen molar-refractivity contribution in [2.45, 2.75) is 81.1 Å². The summed E-state index contributed by atoms with van der Waals surface area (Å²) in [6.07, 6.45) is 3.00. The number of amides is 1. The molecule has 6 nitrogen and oxygen atoms in total. The number of nitrogens with zero attached hydrogens (tertiary/aromatic N) is 4. The van der Waals surface area contributed by atoms with Crippen molar-refractivity contribution in [3.8, 4) is 0 Å². The molecule has 2 heterocycles. The van der Waals surface area contributed by atoms with Gasteiger partial charge in [-0.25, -0.2) is 0 Å². The predicted molar refractivity (Wildman–Crippen MR) is 137 cm³/mol. The SMILES string of the molecule is CC(=O)N[C@H]1CC[C@@H](c2nnc(SCCCN3CC[C@]4(C[C@@H]4c4ccc(C(F)(F)F)cc4)C3)n2C)CC1. The van der Waals surface area contributed by atoms with E-state index in [1.807, 2.05) is 0 Å². The largest absolute Gasteiger partial charge is 0.416 e. The summed E-state index contributed by atoms with van der Waals surface area (Å²) < 4.78 is 40.7. The molecule has 0 radical (unpaired) electrons. The number of likely N-dealkylation sites (tertiary alicyclic amines) is 1. The van der Waals surface area contributed by atoms with E-state index in [1.54, 1.807) is 30.8 Å². The zero-order valence-electron chi connectivity index (χ0n) is 21.6. The van der Waals surface area contributed by atoms with Crippen molar-refractivity contribution >= 4 is 17.7 Å². The molecule has 1 spiro atoms. The van der Waals surface area contributed by atoms with E-state index >= 15 is 0 Å². The summed E-state index contributed by atoms with van der Waals surface area (Å²) in [4.78, 5) is 13.8. The number of rotatable bonds is 8. The molecule has 202 valence electrons. The lowest BCUT2D eigenvalue weighted by molar-refractivity contribution is -0.137. The molecule has 1 aromatic carbocycles. The number of halogens is 3. The second kappa shape index (κ2) is 10.6. The molecular formula is C27H36F3N5OS. The van der Waals surface area contributed by atoms with Gasteiger partial charge in [0.05, 0.1) is 5.56 Å². The van der Waals surface area contributed by atoms with Crippen molar-refractivity contribution in [1.82, 2.24) is 25.0 Å². The molecule has 1 aromatic heterocycles. The first kappa shape index (κ1) is 26.5. The third kappa shape index (κ3) is 6.00. The average Bonchev–Trinajstić information content (AvgIpc) is 3.20. The van der Waals surface area contributed by atoms with Crippen LogP contribution in [-0.4, -0.2) is 57.0 Å². The van der Waals surface area contributed by atoms with Crippen LogP contribution >= 0.6 is 11.8 Å². The molecule has 0 bridgehead atoms. The van der Waals surface area contributed by atoms with Gasteiger partial charge in [-0.2, -0.15) is 13.2 Å². The van der Waals surface area contributed by atoms with Crippen molar-refractivity contribution < 1.29 is 18.0 Å². The number of nitrogens with one attached hydrogen (secondary N) is 1. The van der Waals surface area contributed by atoms with Gasteiger partial charge in [0.1, 0.15) is 5.82 Å². The van der Waals surface area contributed by atoms with Gasteiger partial charge in [-0.15, -0.1) is 10.2 Å². The molecule has 2 atom stereocenters. The van der Waals surface area contributed by atoms with Crippen LogP contribution < -0.4 is 5.32 Å². The highest BCUT2D eigenvalue weighted by molar-refractivity contribution is 7.99. The molecule has 37 heavy (non-hydrogen) atoms.